The molecular formula is C16H13BF2O2. The van der Waals surface area contributed by atoms with E-state index in [0.717, 1.165) is 11.1 Å². The summed E-state index contributed by atoms with van der Waals surface area (Å²) in [4.78, 5) is 0. The molecule has 0 aromatic heterocycles. The maximum absolute atomic E-state index is 12.7. The summed E-state index contributed by atoms with van der Waals surface area (Å²) in [7, 11) is 0.0510. The molecule has 0 N–H and O–H groups in total. The van der Waals surface area contributed by atoms with Gasteiger partial charge in [-0.05, 0) is 47.5 Å². The highest BCUT2D eigenvalue weighted by molar-refractivity contribution is 6.18. The summed E-state index contributed by atoms with van der Waals surface area (Å²) in [5.41, 5.74) is 1.66. The lowest BCUT2D eigenvalue weighted by atomic mass is 10.2. The molecule has 21 heavy (non-hydrogen) atoms. The van der Waals surface area contributed by atoms with Crippen molar-refractivity contribution in [1.29, 1.82) is 0 Å². The van der Waals surface area contributed by atoms with Crippen LogP contribution in [0.1, 0.15) is 11.1 Å². The molecule has 0 heterocycles. The van der Waals surface area contributed by atoms with Crippen LogP contribution >= 0.6 is 0 Å². The van der Waals surface area contributed by atoms with Gasteiger partial charge >= 0.3 is 7.69 Å². The fourth-order valence-corrected chi connectivity index (χ4v) is 1.52. The van der Waals surface area contributed by atoms with E-state index in [1.165, 1.54) is 36.8 Å². The molecule has 0 spiro atoms. The molecule has 0 aliphatic rings. The molecule has 0 fully saturated rings. The Hall–Kier alpha value is -2.56. The van der Waals surface area contributed by atoms with Crippen molar-refractivity contribution in [2.75, 3.05) is 0 Å². The maximum atomic E-state index is 12.7. The molecule has 0 saturated heterocycles. The summed E-state index contributed by atoms with van der Waals surface area (Å²) < 4.78 is 35.6. The Labute approximate surface area is 122 Å². The van der Waals surface area contributed by atoms with Crippen molar-refractivity contribution in [2.45, 2.75) is 0 Å². The van der Waals surface area contributed by atoms with Crippen molar-refractivity contribution in [2.24, 2.45) is 0 Å². The third-order valence-corrected chi connectivity index (χ3v) is 2.59. The van der Waals surface area contributed by atoms with Crippen molar-refractivity contribution < 1.29 is 18.1 Å². The lowest BCUT2D eigenvalue weighted by molar-refractivity contribution is 0.380. The Morgan fingerprint density at radius 1 is 0.667 bits per heavy atom. The average molecular weight is 286 g/mol. The van der Waals surface area contributed by atoms with Gasteiger partial charge in [0.2, 0.25) is 0 Å². The van der Waals surface area contributed by atoms with Crippen LogP contribution in [0.5, 0.6) is 0 Å². The lowest BCUT2D eigenvalue weighted by Gasteiger charge is -1.98. The molecule has 0 unspecified atom stereocenters. The van der Waals surface area contributed by atoms with E-state index in [1.807, 2.05) is 0 Å². The second-order valence-electron chi connectivity index (χ2n) is 4.16. The van der Waals surface area contributed by atoms with Crippen molar-refractivity contribution in [3.63, 3.8) is 0 Å². The summed E-state index contributed by atoms with van der Waals surface area (Å²) >= 11 is 0. The Morgan fingerprint density at radius 2 is 1.05 bits per heavy atom. The number of hydrogen-bond donors (Lipinski definition) is 0. The fraction of sp³-hybridized carbons (Fsp3) is 0. The predicted molar refractivity (Wildman–Crippen MR) is 80.2 cm³/mol. The van der Waals surface area contributed by atoms with Gasteiger partial charge in [-0.3, -0.25) is 0 Å². The molecule has 2 aromatic carbocycles. The third kappa shape index (κ3) is 5.52. The zero-order chi connectivity index (χ0) is 14.9. The van der Waals surface area contributed by atoms with E-state index in [-0.39, 0.29) is 19.3 Å². The number of hydrogen-bond acceptors (Lipinski definition) is 2. The highest BCUT2D eigenvalue weighted by Gasteiger charge is 1.91. The van der Waals surface area contributed by atoms with Crippen LogP contribution in [-0.4, -0.2) is 7.69 Å². The molecule has 0 aliphatic carbocycles. The van der Waals surface area contributed by atoms with Crippen molar-refractivity contribution >= 4 is 19.8 Å². The van der Waals surface area contributed by atoms with Crippen LogP contribution in [0.4, 0.5) is 8.78 Å². The van der Waals surface area contributed by atoms with Crippen molar-refractivity contribution in [3.8, 4) is 0 Å². The van der Waals surface area contributed by atoms with Gasteiger partial charge in [0.15, 0.2) is 0 Å². The normalized spacial score (nSPS) is 11.0. The van der Waals surface area contributed by atoms with Gasteiger partial charge < -0.3 is 9.31 Å². The molecule has 0 radical (unpaired) electrons. The van der Waals surface area contributed by atoms with Crippen LogP contribution in [-0.2, 0) is 9.31 Å². The fourth-order valence-electron chi connectivity index (χ4n) is 1.52. The van der Waals surface area contributed by atoms with Crippen LogP contribution in [0, 0.1) is 11.6 Å². The predicted octanol–water partition coefficient (Wildman–Crippen LogP) is 3.91. The molecule has 0 saturated carbocycles. The second kappa shape index (κ2) is 7.90. The van der Waals surface area contributed by atoms with E-state index >= 15 is 0 Å². The summed E-state index contributed by atoms with van der Waals surface area (Å²) in [5.74, 6) is -0.551. The van der Waals surface area contributed by atoms with Crippen LogP contribution in [0.2, 0.25) is 0 Å². The van der Waals surface area contributed by atoms with E-state index < -0.39 is 0 Å². The van der Waals surface area contributed by atoms with Crippen LogP contribution < -0.4 is 0 Å². The molecule has 0 bridgehead atoms. The molecule has 5 heteroatoms. The van der Waals surface area contributed by atoms with E-state index in [0.29, 0.717) is 0 Å². The molecule has 0 atom stereocenters. The van der Waals surface area contributed by atoms with E-state index in [4.69, 9.17) is 9.31 Å². The van der Waals surface area contributed by atoms with Crippen LogP contribution in [0.3, 0.4) is 0 Å². The first-order valence-corrected chi connectivity index (χ1v) is 6.31. The van der Waals surface area contributed by atoms with Gasteiger partial charge in [0.05, 0.1) is 12.5 Å². The molecule has 2 nitrogen and oxygen atoms in total. The second-order valence-corrected chi connectivity index (χ2v) is 4.16. The zero-order valence-corrected chi connectivity index (χ0v) is 11.2. The quantitative estimate of drug-likeness (QED) is 0.455. The van der Waals surface area contributed by atoms with Crippen molar-refractivity contribution in [1.82, 2.24) is 0 Å². The number of rotatable bonds is 6. The Bertz CT molecular complexity index is 552. The van der Waals surface area contributed by atoms with E-state index in [1.54, 1.807) is 36.4 Å². The Balaban J connectivity index is 1.67. The number of halogens is 2. The zero-order valence-electron chi connectivity index (χ0n) is 11.2. The summed E-state index contributed by atoms with van der Waals surface area (Å²) in [6, 6.07) is 12.1. The summed E-state index contributed by atoms with van der Waals surface area (Å²) in [6.45, 7) is 0. The standard InChI is InChI=1S/C16H13BF2O2/c18-15-5-1-13(2-6-15)9-11-20-17-21-12-10-14-3-7-16(19)8-4-14/h1-12,17H. The van der Waals surface area contributed by atoms with Gasteiger partial charge in [-0.2, -0.15) is 0 Å². The highest BCUT2D eigenvalue weighted by Crippen LogP contribution is 2.05. The van der Waals surface area contributed by atoms with Gasteiger partial charge in [0.25, 0.3) is 0 Å². The summed E-state index contributed by atoms with van der Waals surface area (Å²) in [6.07, 6.45) is 6.34. The van der Waals surface area contributed by atoms with Crippen LogP contribution in [0.15, 0.2) is 61.1 Å². The Kier molecular flexibility index (Phi) is 5.58. The van der Waals surface area contributed by atoms with Gasteiger partial charge in [-0.15, -0.1) is 0 Å². The van der Waals surface area contributed by atoms with Gasteiger partial charge in [0.1, 0.15) is 11.6 Å². The molecule has 106 valence electrons. The molecule has 0 amide bonds. The highest BCUT2D eigenvalue weighted by atomic mass is 19.1. The summed E-state index contributed by atoms with van der Waals surface area (Å²) in [5, 5.41) is 0. The minimum absolute atomic E-state index is 0.0510. The molecule has 0 aliphatic heterocycles. The molecular weight excluding hydrogens is 273 g/mol. The van der Waals surface area contributed by atoms with E-state index in [9.17, 15) is 8.78 Å². The number of benzene rings is 2. The largest absolute Gasteiger partial charge is 0.575 e. The van der Waals surface area contributed by atoms with Crippen LogP contribution in [0.25, 0.3) is 12.2 Å². The monoisotopic (exact) mass is 286 g/mol. The van der Waals surface area contributed by atoms with E-state index in [2.05, 4.69) is 0 Å². The minimum Gasteiger partial charge on any atom is -0.535 e. The molecule has 2 aromatic rings. The smallest absolute Gasteiger partial charge is 0.535 e. The van der Waals surface area contributed by atoms with Crippen molar-refractivity contribution in [3.05, 3.63) is 83.8 Å². The topological polar surface area (TPSA) is 18.5 Å². The minimum atomic E-state index is -0.276. The third-order valence-electron chi connectivity index (χ3n) is 2.59. The van der Waals surface area contributed by atoms with Gasteiger partial charge in [-0.25, -0.2) is 8.78 Å². The Morgan fingerprint density at radius 3 is 1.43 bits per heavy atom. The average Bonchev–Trinajstić information content (AvgIpc) is 2.50. The van der Waals surface area contributed by atoms with Gasteiger partial charge in [-0.1, -0.05) is 24.3 Å². The first-order chi connectivity index (χ1) is 10.2. The SMILES string of the molecule is Fc1ccc(C=COBOC=Cc2ccc(F)cc2)cc1. The first-order valence-electron chi connectivity index (χ1n) is 6.31. The van der Waals surface area contributed by atoms with Gasteiger partial charge in [0, 0.05) is 0 Å². The first kappa shape index (κ1) is 14.8. The molecule has 2 rings (SSSR count). The maximum Gasteiger partial charge on any atom is 0.575 e. The lowest BCUT2D eigenvalue weighted by Crippen LogP contribution is -1.93.